The fourth-order valence-corrected chi connectivity index (χ4v) is 6.57. The first-order chi connectivity index (χ1) is 22.1. The number of hydrogen-bond donors (Lipinski definition) is 1. The number of sulfonamides is 1. The second-order valence-electron chi connectivity index (χ2n) is 10.3. The van der Waals surface area contributed by atoms with Crippen molar-refractivity contribution < 1.29 is 31.9 Å². The van der Waals surface area contributed by atoms with E-state index < -0.39 is 34.3 Å². The number of likely N-dealkylation sites (N-methyl/N-ethyl adjacent to an activating group) is 1. The first-order valence-electron chi connectivity index (χ1n) is 14.4. The Kier molecular flexibility index (Phi) is 11.8. The molecule has 4 aromatic rings. The van der Waals surface area contributed by atoms with Crippen LogP contribution in [0, 0.1) is 5.82 Å². The monoisotopic (exact) mass is 711 g/mol. The van der Waals surface area contributed by atoms with Crippen molar-refractivity contribution in [2.75, 3.05) is 31.6 Å². The lowest BCUT2D eigenvalue weighted by molar-refractivity contribution is -0.140. The lowest BCUT2D eigenvalue weighted by Crippen LogP contribution is -2.53. The number of halogens is 2. The van der Waals surface area contributed by atoms with Crippen LogP contribution in [0.2, 0.25) is 0 Å². The van der Waals surface area contributed by atoms with Gasteiger partial charge in [0.15, 0.2) is 11.5 Å². The molecular weight excluding hydrogens is 677 g/mol. The Morgan fingerprint density at radius 1 is 0.870 bits per heavy atom. The average molecular weight is 713 g/mol. The second-order valence-corrected chi connectivity index (χ2v) is 13.0. The summed E-state index contributed by atoms with van der Waals surface area (Å²) in [6.07, 6.45) is 0.188. The van der Waals surface area contributed by atoms with Gasteiger partial charge in [-0.2, -0.15) is 0 Å². The van der Waals surface area contributed by atoms with E-state index in [9.17, 15) is 22.4 Å². The first-order valence-corrected chi connectivity index (χ1v) is 16.7. The molecule has 0 bridgehead atoms. The molecule has 4 rings (SSSR count). The van der Waals surface area contributed by atoms with Crippen molar-refractivity contribution in [1.82, 2.24) is 10.2 Å². The topological polar surface area (TPSA) is 105 Å². The second kappa shape index (κ2) is 15.7. The maximum atomic E-state index is 14.4. The molecule has 242 valence electrons. The number of carbonyl (C=O) groups excluding carboxylic acids is 2. The van der Waals surface area contributed by atoms with Crippen LogP contribution in [-0.4, -0.2) is 58.5 Å². The van der Waals surface area contributed by atoms with Gasteiger partial charge in [0.2, 0.25) is 11.8 Å². The third-order valence-electron chi connectivity index (χ3n) is 7.22. The third-order valence-corrected chi connectivity index (χ3v) is 9.52. The van der Waals surface area contributed by atoms with E-state index in [1.807, 2.05) is 54.6 Å². The van der Waals surface area contributed by atoms with Crippen molar-refractivity contribution in [3.8, 4) is 11.5 Å². The molecule has 0 unspecified atom stereocenters. The number of carbonyl (C=O) groups is 2. The van der Waals surface area contributed by atoms with Crippen molar-refractivity contribution in [3.05, 3.63) is 118 Å². The molecule has 4 aromatic carbocycles. The largest absolute Gasteiger partial charge is 0.493 e. The van der Waals surface area contributed by atoms with Crippen molar-refractivity contribution in [1.29, 1.82) is 0 Å². The zero-order valence-corrected chi connectivity index (χ0v) is 28.1. The van der Waals surface area contributed by atoms with Gasteiger partial charge in [-0.05, 0) is 66.6 Å². The number of nitrogens with zero attached hydrogens (tertiary/aromatic N) is 2. The van der Waals surface area contributed by atoms with Gasteiger partial charge in [-0.15, -0.1) is 0 Å². The van der Waals surface area contributed by atoms with Crippen LogP contribution in [-0.2, 0) is 32.6 Å². The van der Waals surface area contributed by atoms with Crippen LogP contribution < -0.4 is 19.1 Å². The lowest BCUT2D eigenvalue weighted by atomic mass is 10.0. The highest BCUT2D eigenvalue weighted by Crippen LogP contribution is 2.32. The van der Waals surface area contributed by atoms with Gasteiger partial charge in [-0.1, -0.05) is 58.4 Å². The highest BCUT2D eigenvalue weighted by Gasteiger charge is 2.35. The SMILES string of the molecule is CCNC(=O)[C@H](Cc1ccccc1)N(Cc1ccc(Br)cc1)C(=O)CN(c1ccc(F)cc1)S(=O)(=O)c1ccc(OC)c(OC)c1. The summed E-state index contributed by atoms with van der Waals surface area (Å²) in [4.78, 5) is 29.2. The molecule has 1 atom stereocenters. The van der Waals surface area contributed by atoms with Crippen LogP contribution in [0.25, 0.3) is 0 Å². The Morgan fingerprint density at radius 2 is 1.52 bits per heavy atom. The summed E-state index contributed by atoms with van der Waals surface area (Å²) in [6.45, 7) is 1.46. The summed E-state index contributed by atoms with van der Waals surface area (Å²) < 4.78 is 54.7. The minimum Gasteiger partial charge on any atom is -0.493 e. The quantitative estimate of drug-likeness (QED) is 0.183. The summed E-state index contributed by atoms with van der Waals surface area (Å²) in [5.74, 6) is -1.10. The molecule has 0 aliphatic heterocycles. The Morgan fingerprint density at radius 3 is 2.13 bits per heavy atom. The molecule has 0 saturated heterocycles. The molecular formula is C34H35BrFN3O6S. The zero-order valence-electron chi connectivity index (χ0n) is 25.7. The van der Waals surface area contributed by atoms with Gasteiger partial charge in [0, 0.05) is 30.0 Å². The standard InChI is InChI=1S/C34H35BrFN3O6S/c1-4-37-34(41)30(20-24-8-6-5-7-9-24)38(22-25-10-12-26(35)13-11-25)33(40)23-39(28-16-14-27(36)15-17-28)46(42,43)29-18-19-31(44-2)32(21-29)45-3/h5-19,21,30H,4,20,22-23H2,1-3H3,(H,37,41)/t30-/m0/s1. The smallest absolute Gasteiger partial charge is 0.264 e. The van der Waals surface area contributed by atoms with Gasteiger partial charge in [0.05, 0.1) is 24.8 Å². The predicted octanol–water partition coefficient (Wildman–Crippen LogP) is 5.58. The normalized spacial score (nSPS) is 11.8. The summed E-state index contributed by atoms with van der Waals surface area (Å²) >= 11 is 3.42. The van der Waals surface area contributed by atoms with E-state index in [4.69, 9.17) is 9.47 Å². The zero-order chi connectivity index (χ0) is 33.3. The number of ether oxygens (including phenoxy) is 2. The van der Waals surface area contributed by atoms with Gasteiger partial charge in [-0.3, -0.25) is 13.9 Å². The van der Waals surface area contributed by atoms with Crippen LogP contribution in [0.1, 0.15) is 18.1 Å². The Hall–Kier alpha value is -4.42. The van der Waals surface area contributed by atoms with E-state index >= 15 is 0 Å². The van der Waals surface area contributed by atoms with Crippen LogP contribution in [0.15, 0.2) is 106 Å². The van der Waals surface area contributed by atoms with Crippen LogP contribution >= 0.6 is 15.9 Å². The van der Waals surface area contributed by atoms with Crippen molar-refractivity contribution >= 4 is 43.5 Å². The van der Waals surface area contributed by atoms with E-state index in [1.54, 1.807) is 6.92 Å². The predicted molar refractivity (Wildman–Crippen MR) is 178 cm³/mol. The summed E-state index contributed by atoms with van der Waals surface area (Å²) in [5.41, 5.74) is 1.61. The van der Waals surface area contributed by atoms with Gasteiger partial charge in [-0.25, -0.2) is 12.8 Å². The highest BCUT2D eigenvalue weighted by molar-refractivity contribution is 9.10. The molecule has 0 spiro atoms. The number of rotatable bonds is 14. The molecule has 0 aliphatic rings. The molecule has 12 heteroatoms. The Bertz CT molecular complexity index is 1740. The molecule has 1 N–H and O–H groups in total. The molecule has 46 heavy (non-hydrogen) atoms. The maximum Gasteiger partial charge on any atom is 0.264 e. The molecule has 0 heterocycles. The minimum absolute atomic E-state index is 0.0222. The Labute approximate surface area is 277 Å². The van der Waals surface area contributed by atoms with E-state index in [2.05, 4.69) is 21.2 Å². The number of benzene rings is 4. The van der Waals surface area contributed by atoms with E-state index in [-0.39, 0.29) is 35.2 Å². The van der Waals surface area contributed by atoms with Crippen molar-refractivity contribution in [2.45, 2.75) is 30.8 Å². The first kappa shape index (κ1) is 34.5. The molecule has 9 nitrogen and oxygen atoms in total. The van der Waals surface area contributed by atoms with Gasteiger partial charge in [0.1, 0.15) is 18.4 Å². The van der Waals surface area contributed by atoms with E-state index in [0.717, 1.165) is 32.0 Å². The van der Waals surface area contributed by atoms with Crippen LogP contribution in [0.5, 0.6) is 11.5 Å². The Balaban J connectivity index is 1.81. The molecule has 0 fully saturated rings. The molecule has 2 amide bonds. The van der Waals surface area contributed by atoms with Gasteiger partial charge < -0.3 is 19.7 Å². The van der Waals surface area contributed by atoms with Gasteiger partial charge >= 0.3 is 0 Å². The average Bonchev–Trinajstić information content (AvgIpc) is 3.06. The number of anilines is 1. The molecule has 0 radical (unpaired) electrons. The number of hydrogen-bond acceptors (Lipinski definition) is 6. The third kappa shape index (κ3) is 8.43. The lowest BCUT2D eigenvalue weighted by Gasteiger charge is -2.34. The summed E-state index contributed by atoms with van der Waals surface area (Å²) in [7, 11) is -1.62. The molecule has 0 aliphatic carbocycles. The van der Waals surface area contributed by atoms with Crippen LogP contribution in [0.3, 0.4) is 0 Å². The number of methoxy groups -OCH3 is 2. The summed E-state index contributed by atoms with van der Waals surface area (Å²) in [6, 6.07) is 24.4. The van der Waals surface area contributed by atoms with E-state index in [1.165, 1.54) is 49.5 Å². The fraction of sp³-hybridized carbons (Fsp3) is 0.235. The minimum atomic E-state index is -4.43. The van der Waals surface area contributed by atoms with Crippen molar-refractivity contribution in [3.63, 3.8) is 0 Å². The molecule has 0 aromatic heterocycles. The van der Waals surface area contributed by atoms with Gasteiger partial charge in [0.25, 0.3) is 10.0 Å². The number of nitrogens with one attached hydrogen (secondary N) is 1. The fourth-order valence-electron chi connectivity index (χ4n) is 4.87. The number of amides is 2. The maximum absolute atomic E-state index is 14.4. The van der Waals surface area contributed by atoms with Crippen molar-refractivity contribution in [2.24, 2.45) is 0 Å². The van der Waals surface area contributed by atoms with Crippen LogP contribution in [0.4, 0.5) is 10.1 Å². The summed E-state index contributed by atoms with van der Waals surface area (Å²) in [5, 5.41) is 2.83. The highest BCUT2D eigenvalue weighted by atomic mass is 79.9. The van der Waals surface area contributed by atoms with E-state index in [0.29, 0.717) is 12.3 Å². The molecule has 0 saturated carbocycles.